The molecule has 0 radical (unpaired) electrons. The van der Waals surface area contributed by atoms with Gasteiger partial charge in [-0.2, -0.15) is 0 Å². The molecule has 2 rings (SSSR count). The second-order valence-corrected chi connectivity index (χ2v) is 4.71. The summed E-state index contributed by atoms with van der Waals surface area (Å²) in [6.45, 7) is 8.16. The van der Waals surface area contributed by atoms with E-state index in [0.29, 0.717) is 13.1 Å². The zero-order chi connectivity index (χ0) is 13.5. The van der Waals surface area contributed by atoms with Crippen LogP contribution in [0.15, 0.2) is 6.20 Å². The predicted molar refractivity (Wildman–Crippen MR) is 70.7 cm³/mol. The van der Waals surface area contributed by atoms with Gasteiger partial charge in [-0.1, -0.05) is 12.1 Å². The highest BCUT2D eigenvalue weighted by Gasteiger charge is 2.18. The third-order valence-electron chi connectivity index (χ3n) is 3.26. The zero-order valence-corrected chi connectivity index (χ0v) is 11.5. The third-order valence-corrected chi connectivity index (χ3v) is 3.26. The van der Waals surface area contributed by atoms with E-state index in [0.717, 1.165) is 38.5 Å². The number of ether oxygens (including phenoxy) is 1. The number of hydrogen-bond donors (Lipinski definition) is 2. The minimum Gasteiger partial charge on any atom is -0.394 e. The maximum atomic E-state index is 8.80. The van der Waals surface area contributed by atoms with Crippen molar-refractivity contribution in [2.24, 2.45) is 0 Å². The van der Waals surface area contributed by atoms with E-state index in [9.17, 15) is 0 Å². The summed E-state index contributed by atoms with van der Waals surface area (Å²) in [4.78, 5) is 2.40. The van der Waals surface area contributed by atoms with Crippen LogP contribution >= 0.6 is 0 Å². The van der Waals surface area contributed by atoms with Crippen LogP contribution in [0.3, 0.4) is 0 Å². The van der Waals surface area contributed by atoms with Crippen LogP contribution in [0.4, 0.5) is 0 Å². The molecule has 0 bridgehead atoms. The van der Waals surface area contributed by atoms with Gasteiger partial charge in [0, 0.05) is 32.4 Å². The third kappa shape index (κ3) is 4.54. The average molecular weight is 269 g/mol. The topological polar surface area (TPSA) is 75.4 Å². The van der Waals surface area contributed by atoms with Crippen LogP contribution in [0.5, 0.6) is 0 Å². The quantitative estimate of drug-likeness (QED) is 0.667. The number of likely N-dealkylation sites (N-methyl/N-ethyl adjacent to an activating group) is 1. The Hall–Kier alpha value is -1.02. The number of morpholine rings is 1. The van der Waals surface area contributed by atoms with Crippen molar-refractivity contribution >= 4 is 0 Å². The van der Waals surface area contributed by atoms with Crippen molar-refractivity contribution in [1.82, 2.24) is 25.2 Å². The lowest BCUT2D eigenvalue weighted by molar-refractivity contribution is -0.0254. The summed E-state index contributed by atoms with van der Waals surface area (Å²) >= 11 is 0. The first kappa shape index (κ1) is 14.4. The monoisotopic (exact) mass is 269 g/mol. The van der Waals surface area contributed by atoms with Crippen LogP contribution in [0.1, 0.15) is 12.6 Å². The minimum absolute atomic E-state index is 0.0823. The largest absolute Gasteiger partial charge is 0.394 e. The van der Waals surface area contributed by atoms with E-state index < -0.39 is 0 Å². The van der Waals surface area contributed by atoms with Crippen LogP contribution in [-0.4, -0.2) is 70.5 Å². The Morgan fingerprint density at radius 3 is 3.26 bits per heavy atom. The normalized spacial score (nSPS) is 20.8. The Kier molecular flexibility index (Phi) is 5.71. The lowest BCUT2D eigenvalue weighted by Crippen LogP contribution is -2.46. The highest BCUT2D eigenvalue weighted by Crippen LogP contribution is 2.04. The molecule has 7 heteroatoms. The van der Waals surface area contributed by atoms with Crippen LogP contribution in [-0.2, 0) is 17.8 Å². The second-order valence-electron chi connectivity index (χ2n) is 4.71. The molecule has 2 N–H and O–H groups in total. The first-order valence-electron chi connectivity index (χ1n) is 6.86. The van der Waals surface area contributed by atoms with E-state index in [4.69, 9.17) is 9.84 Å². The van der Waals surface area contributed by atoms with E-state index in [-0.39, 0.29) is 12.7 Å². The molecular weight excluding hydrogens is 246 g/mol. The molecule has 0 spiro atoms. The molecule has 19 heavy (non-hydrogen) atoms. The number of hydrogen-bond acceptors (Lipinski definition) is 6. The van der Waals surface area contributed by atoms with Gasteiger partial charge in [0.15, 0.2) is 0 Å². The molecule has 0 amide bonds. The van der Waals surface area contributed by atoms with Crippen LogP contribution in [0, 0.1) is 0 Å². The van der Waals surface area contributed by atoms with Crippen molar-refractivity contribution in [3.63, 3.8) is 0 Å². The van der Waals surface area contributed by atoms with Gasteiger partial charge in [-0.05, 0) is 6.54 Å². The fourth-order valence-electron chi connectivity index (χ4n) is 2.18. The van der Waals surface area contributed by atoms with Gasteiger partial charge in [-0.15, -0.1) is 5.10 Å². The van der Waals surface area contributed by atoms with E-state index in [1.165, 1.54) is 0 Å². The average Bonchev–Trinajstić information content (AvgIpc) is 2.87. The Bertz CT molecular complexity index is 371. The number of nitrogens with zero attached hydrogens (tertiary/aromatic N) is 4. The van der Waals surface area contributed by atoms with Crippen molar-refractivity contribution < 1.29 is 9.84 Å². The summed E-state index contributed by atoms with van der Waals surface area (Å²) < 4.78 is 7.36. The maximum Gasteiger partial charge on any atom is 0.0964 e. The summed E-state index contributed by atoms with van der Waals surface area (Å²) in [6, 6.07) is 0. The summed E-state index contributed by atoms with van der Waals surface area (Å²) in [5.74, 6) is 0. The van der Waals surface area contributed by atoms with Gasteiger partial charge in [0.05, 0.1) is 31.6 Å². The van der Waals surface area contributed by atoms with Gasteiger partial charge in [0.1, 0.15) is 0 Å². The van der Waals surface area contributed by atoms with Crippen molar-refractivity contribution in [3.8, 4) is 0 Å². The summed E-state index contributed by atoms with van der Waals surface area (Å²) in [7, 11) is 0. The Balaban J connectivity index is 1.67. The van der Waals surface area contributed by atoms with Gasteiger partial charge < -0.3 is 15.2 Å². The smallest absolute Gasteiger partial charge is 0.0964 e. The SMILES string of the molecule is CCN1CCOC(CNCc2cn(CCO)nn2)C1. The number of aliphatic hydroxyl groups excluding tert-OH is 1. The van der Waals surface area contributed by atoms with Crippen molar-refractivity contribution in [2.45, 2.75) is 26.1 Å². The van der Waals surface area contributed by atoms with Gasteiger partial charge in [-0.25, -0.2) is 4.68 Å². The maximum absolute atomic E-state index is 8.80. The molecule has 1 unspecified atom stereocenters. The summed E-state index contributed by atoms with van der Waals surface area (Å²) in [5, 5.41) is 20.1. The predicted octanol–water partition coefficient (Wildman–Crippen LogP) is -0.919. The fourth-order valence-corrected chi connectivity index (χ4v) is 2.18. The van der Waals surface area contributed by atoms with E-state index in [1.807, 2.05) is 6.20 Å². The van der Waals surface area contributed by atoms with Gasteiger partial charge >= 0.3 is 0 Å². The molecule has 1 aliphatic heterocycles. The second kappa shape index (κ2) is 7.54. The number of nitrogens with one attached hydrogen (secondary N) is 1. The Labute approximate surface area is 113 Å². The molecular formula is C12H23N5O2. The molecule has 7 nitrogen and oxygen atoms in total. The minimum atomic E-state index is 0.0823. The lowest BCUT2D eigenvalue weighted by atomic mass is 10.2. The molecule has 0 saturated carbocycles. The first-order chi connectivity index (χ1) is 9.31. The molecule has 1 aliphatic rings. The first-order valence-corrected chi connectivity index (χ1v) is 6.86. The van der Waals surface area contributed by atoms with Crippen LogP contribution < -0.4 is 5.32 Å². The van der Waals surface area contributed by atoms with E-state index in [1.54, 1.807) is 4.68 Å². The Morgan fingerprint density at radius 2 is 2.47 bits per heavy atom. The molecule has 1 saturated heterocycles. The fraction of sp³-hybridized carbons (Fsp3) is 0.833. The highest BCUT2D eigenvalue weighted by atomic mass is 16.5. The summed E-state index contributed by atoms with van der Waals surface area (Å²) in [6.07, 6.45) is 2.10. The number of aromatic nitrogens is 3. The molecule has 0 aromatic carbocycles. The molecule has 1 aromatic rings. The molecule has 1 fully saturated rings. The number of rotatable bonds is 7. The Morgan fingerprint density at radius 1 is 1.58 bits per heavy atom. The lowest BCUT2D eigenvalue weighted by Gasteiger charge is -2.32. The molecule has 0 aliphatic carbocycles. The summed E-state index contributed by atoms with van der Waals surface area (Å²) in [5.41, 5.74) is 0.886. The standard InChI is InChI=1S/C12H23N5O2/c1-2-16-4-6-19-12(10-16)8-13-7-11-9-17(3-5-18)15-14-11/h9,12-13,18H,2-8,10H2,1H3. The van der Waals surface area contributed by atoms with Crippen LogP contribution in [0.2, 0.25) is 0 Å². The zero-order valence-electron chi connectivity index (χ0n) is 11.5. The molecule has 108 valence electrons. The molecule has 2 heterocycles. The molecule has 1 atom stereocenters. The molecule has 1 aromatic heterocycles. The van der Waals surface area contributed by atoms with Crippen molar-refractivity contribution in [3.05, 3.63) is 11.9 Å². The van der Waals surface area contributed by atoms with E-state index in [2.05, 4.69) is 27.5 Å². The van der Waals surface area contributed by atoms with Gasteiger partial charge in [0.2, 0.25) is 0 Å². The van der Waals surface area contributed by atoms with Crippen molar-refractivity contribution in [2.75, 3.05) is 39.4 Å². The van der Waals surface area contributed by atoms with E-state index >= 15 is 0 Å². The number of aliphatic hydroxyl groups is 1. The van der Waals surface area contributed by atoms with Crippen molar-refractivity contribution in [1.29, 1.82) is 0 Å². The van der Waals surface area contributed by atoms with Gasteiger partial charge in [-0.3, -0.25) is 4.90 Å². The highest BCUT2D eigenvalue weighted by molar-refractivity contribution is 4.91. The van der Waals surface area contributed by atoms with Gasteiger partial charge in [0.25, 0.3) is 0 Å². The van der Waals surface area contributed by atoms with Crippen LogP contribution in [0.25, 0.3) is 0 Å².